The number of anilines is 1. The zero-order valence-corrected chi connectivity index (χ0v) is 15.4. The van der Waals surface area contributed by atoms with Crippen LogP contribution < -0.4 is 15.0 Å². The minimum absolute atomic E-state index is 0.139. The number of hydrogen-bond acceptors (Lipinski definition) is 6. The molecule has 0 unspecified atom stereocenters. The van der Waals surface area contributed by atoms with Gasteiger partial charge in [-0.25, -0.2) is 18.9 Å². The summed E-state index contributed by atoms with van der Waals surface area (Å²) in [4.78, 5) is 22.9. The minimum Gasteiger partial charge on any atom is -0.475 e. The van der Waals surface area contributed by atoms with Crippen LogP contribution in [0.2, 0.25) is 0 Å². The van der Waals surface area contributed by atoms with Crippen LogP contribution in [-0.2, 0) is 5.54 Å². The van der Waals surface area contributed by atoms with Gasteiger partial charge in [0.1, 0.15) is 23.8 Å². The predicted octanol–water partition coefficient (Wildman–Crippen LogP) is 2.04. The van der Waals surface area contributed by atoms with Crippen molar-refractivity contribution in [3.05, 3.63) is 47.7 Å². The Morgan fingerprint density at radius 3 is 2.93 bits per heavy atom. The molecule has 148 valence electrons. The first kappa shape index (κ1) is 13.9. The van der Waals surface area contributed by atoms with E-state index in [1.54, 1.807) is 6.20 Å². The molecule has 8 nitrogen and oxygen atoms in total. The van der Waals surface area contributed by atoms with Gasteiger partial charge in [-0.3, -0.25) is 4.79 Å². The van der Waals surface area contributed by atoms with E-state index in [1.807, 2.05) is 0 Å². The second-order valence-electron chi connectivity index (χ2n) is 8.01. The number of ether oxygens (including phenoxy) is 1. The summed E-state index contributed by atoms with van der Waals surface area (Å²) in [5.41, 5.74) is -0.757. The molecule has 29 heavy (non-hydrogen) atoms. The van der Waals surface area contributed by atoms with Gasteiger partial charge >= 0.3 is 0 Å². The first-order valence-electron chi connectivity index (χ1n) is 11.0. The third kappa shape index (κ3) is 2.43. The van der Waals surface area contributed by atoms with Crippen LogP contribution in [0.1, 0.15) is 45.7 Å². The highest BCUT2D eigenvalue weighted by Crippen LogP contribution is 2.54. The predicted molar refractivity (Wildman–Crippen MR) is 101 cm³/mol. The largest absolute Gasteiger partial charge is 0.475 e. The van der Waals surface area contributed by atoms with Crippen LogP contribution >= 0.6 is 0 Å². The van der Waals surface area contributed by atoms with Crippen LogP contribution in [0.5, 0.6) is 5.88 Å². The lowest BCUT2D eigenvalue weighted by atomic mass is 10.0. The fourth-order valence-electron chi connectivity index (χ4n) is 3.94. The van der Waals surface area contributed by atoms with Crippen molar-refractivity contribution in [1.82, 2.24) is 24.9 Å². The summed E-state index contributed by atoms with van der Waals surface area (Å²) in [5, 5.41) is 7.18. The Morgan fingerprint density at radius 2 is 2.17 bits per heavy atom. The number of carbonyl (C=O) groups excluding carboxylic acids is 1. The van der Waals surface area contributed by atoms with E-state index in [4.69, 9.17) is 8.85 Å². The molecule has 2 aliphatic carbocycles. The smallest absolute Gasteiger partial charge is 0.257 e. The third-order valence-corrected chi connectivity index (χ3v) is 6.02. The normalized spacial score (nSPS) is 23.1. The molecule has 0 aromatic carbocycles. The fourth-order valence-corrected chi connectivity index (χ4v) is 3.94. The highest BCUT2D eigenvalue weighted by Gasteiger charge is 2.52. The molecule has 1 amide bonds. The highest BCUT2D eigenvalue weighted by molar-refractivity contribution is 6.00. The summed E-state index contributed by atoms with van der Waals surface area (Å²) in [7, 11) is 0. The molecular weight excluding hydrogens is 375 g/mol. The molecule has 4 heterocycles. The molecule has 3 aromatic rings. The topological polar surface area (TPSA) is 84.7 Å². The summed E-state index contributed by atoms with van der Waals surface area (Å²) in [6.45, 7) is -2.45. The standard InChI is InChI=1S/C20H19FN6O2/c1-26-15-2-7-27-16(24-15)13(10-23-27)17(28)25-19(3-4-19)11-29-18-14(20(26)5-6-20)8-12(21)9-22-18/h2,7-10H,3-6,11H2,1H3,(H,25,28)/i1D3. The van der Waals surface area contributed by atoms with Gasteiger partial charge in [0.05, 0.1) is 23.5 Å². The first-order valence-corrected chi connectivity index (χ1v) is 9.47. The summed E-state index contributed by atoms with van der Waals surface area (Å²) >= 11 is 0. The first-order chi connectivity index (χ1) is 15.2. The maximum atomic E-state index is 14.3. The Balaban J connectivity index is 1.61. The monoisotopic (exact) mass is 397 g/mol. The number of fused-ring (bicyclic) bond motifs is 3. The van der Waals surface area contributed by atoms with Crippen molar-refractivity contribution in [3.8, 4) is 5.88 Å². The zero-order valence-electron chi connectivity index (χ0n) is 18.4. The Bertz CT molecular complexity index is 1270. The van der Waals surface area contributed by atoms with Crippen molar-refractivity contribution in [2.45, 2.75) is 36.8 Å². The quantitative estimate of drug-likeness (QED) is 0.625. The Labute approximate surface area is 169 Å². The van der Waals surface area contributed by atoms with E-state index >= 15 is 0 Å². The molecule has 9 heteroatoms. The number of nitrogens with zero attached hydrogens (tertiary/aromatic N) is 5. The van der Waals surface area contributed by atoms with E-state index in [1.165, 1.54) is 27.7 Å². The van der Waals surface area contributed by atoms with Crippen LogP contribution in [0, 0.1) is 5.82 Å². The number of nitrogens with one attached hydrogen (secondary N) is 1. The van der Waals surface area contributed by atoms with E-state index in [0.717, 1.165) is 19.0 Å². The second kappa shape index (κ2) is 5.43. The van der Waals surface area contributed by atoms with Crippen LogP contribution in [-0.4, -0.2) is 44.6 Å². The molecule has 0 radical (unpaired) electrons. The molecule has 0 saturated heterocycles. The molecular formula is C20H19FN6O2. The molecule has 3 aliphatic rings. The Morgan fingerprint density at radius 1 is 1.31 bits per heavy atom. The number of pyridine rings is 1. The number of aromatic nitrogens is 4. The Hall–Kier alpha value is -3.23. The Kier molecular flexibility index (Phi) is 2.60. The number of hydrogen-bond donors (Lipinski definition) is 1. The van der Waals surface area contributed by atoms with Crippen molar-refractivity contribution < 1.29 is 18.0 Å². The molecule has 2 saturated carbocycles. The van der Waals surface area contributed by atoms with Gasteiger partial charge in [-0.2, -0.15) is 5.10 Å². The zero-order chi connectivity index (χ0) is 22.3. The molecule has 6 rings (SSSR count). The lowest BCUT2D eigenvalue weighted by Gasteiger charge is -2.30. The number of halogens is 1. The molecule has 2 spiro atoms. The molecule has 2 fully saturated rings. The summed E-state index contributed by atoms with van der Waals surface area (Å²) in [6.07, 6.45) is 6.41. The van der Waals surface area contributed by atoms with Crippen LogP contribution in [0.15, 0.2) is 30.7 Å². The van der Waals surface area contributed by atoms with E-state index in [0.29, 0.717) is 18.4 Å². The van der Waals surface area contributed by atoms with Crippen molar-refractivity contribution in [2.24, 2.45) is 0 Å². The number of carbonyl (C=O) groups is 1. The fraction of sp³-hybridized carbons (Fsp3) is 0.400. The average molecular weight is 397 g/mol. The van der Waals surface area contributed by atoms with E-state index in [9.17, 15) is 9.18 Å². The molecule has 3 aromatic heterocycles. The van der Waals surface area contributed by atoms with Crippen LogP contribution in [0.3, 0.4) is 0 Å². The molecule has 1 aliphatic heterocycles. The van der Waals surface area contributed by atoms with E-state index in [2.05, 4.69) is 20.4 Å². The number of rotatable bonds is 0. The lowest BCUT2D eigenvalue weighted by molar-refractivity contribution is 0.0913. The molecule has 2 bridgehead atoms. The van der Waals surface area contributed by atoms with Crippen molar-refractivity contribution >= 4 is 17.4 Å². The van der Waals surface area contributed by atoms with Gasteiger partial charge in [-0.15, -0.1) is 0 Å². The van der Waals surface area contributed by atoms with Gasteiger partial charge in [0, 0.05) is 22.8 Å². The number of amides is 1. The minimum atomic E-state index is -2.59. The van der Waals surface area contributed by atoms with E-state index in [-0.39, 0.29) is 35.4 Å². The van der Waals surface area contributed by atoms with Crippen molar-refractivity contribution in [1.29, 1.82) is 0 Å². The third-order valence-electron chi connectivity index (χ3n) is 6.02. The van der Waals surface area contributed by atoms with Gasteiger partial charge in [-0.05, 0) is 37.8 Å². The van der Waals surface area contributed by atoms with Gasteiger partial charge in [0.15, 0.2) is 5.65 Å². The van der Waals surface area contributed by atoms with Gasteiger partial charge < -0.3 is 15.0 Å². The molecule has 0 atom stereocenters. The van der Waals surface area contributed by atoms with Crippen molar-refractivity contribution in [3.63, 3.8) is 0 Å². The van der Waals surface area contributed by atoms with Crippen LogP contribution in [0.25, 0.3) is 5.65 Å². The highest BCUT2D eigenvalue weighted by atomic mass is 19.1. The maximum absolute atomic E-state index is 14.3. The summed E-state index contributed by atoms with van der Waals surface area (Å²) < 4.78 is 46.5. The summed E-state index contributed by atoms with van der Waals surface area (Å²) in [6, 6.07) is 2.82. The lowest BCUT2D eigenvalue weighted by Crippen LogP contribution is -2.41. The van der Waals surface area contributed by atoms with Crippen molar-refractivity contribution in [2.75, 3.05) is 18.5 Å². The maximum Gasteiger partial charge on any atom is 0.257 e. The SMILES string of the molecule is [2H]C([2H])([2H])N1c2ccn3ncc(c3n2)C(=O)NC2(CC2)COc2ncc(F)cc2C12CC2. The van der Waals surface area contributed by atoms with Crippen LogP contribution in [0.4, 0.5) is 10.2 Å². The second-order valence-corrected chi connectivity index (χ2v) is 8.01. The average Bonchev–Trinajstić information content (AvgIpc) is 3.64. The van der Waals surface area contributed by atoms with Gasteiger partial charge in [-0.1, -0.05) is 0 Å². The summed E-state index contributed by atoms with van der Waals surface area (Å²) in [5.74, 6) is -0.634. The van der Waals surface area contributed by atoms with E-state index < -0.39 is 23.9 Å². The van der Waals surface area contributed by atoms with Gasteiger partial charge in [0.25, 0.3) is 5.91 Å². The van der Waals surface area contributed by atoms with Gasteiger partial charge in [0.2, 0.25) is 5.88 Å². The molecule has 1 N–H and O–H groups in total.